The summed E-state index contributed by atoms with van der Waals surface area (Å²) in [6.07, 6.45) is 2.81. The minimum absolute atomic E-state index is 0.216. The monoisotopic (exact) mass is 259 g/mol. The van der Waals surface area contributed by atoms with Gasteiger partial charge in [0.2, 0.25) is 0 Å². The van der Waals surface area contributed by atoms with E-state index in [0.717, 1.165) is 39.2 Å². The maximum atomic E-state index is 11.4. The number of carbonyl (C=O) groups is 1. The number of ether oxygens (including phenoxy) is 3. The molecule has 0 aliphatic carbocycles. The van der Waals surface area contributed by atoms with Crippen molar-refractivity contribution in [3.05, 3.63) is 0 Å². The molecule has 1 rings (SSSR count). The first kappa shape index (κ1) is 15.4. The van der Waals surface area contributed by atoms with Gasteiger partial charge in [-0.2, -0.15) is 0 Å². The van der Waals surface area contributed by atoms with E-state index in [0.29, 0.717) is 18.9 Å². The third-order valence-corrected chi connectivity index (χ3v) is 3.18. The zero-order chi connectivity index (χ0) is 13.2. The molecule has 5 nitrogen and oxygen atoms in total. The van der Waals surface area contributed by atoms with Crippen LogP contribution in [0.25, 0.3) is 0 Å². The first-order valence-electron chi connectivity index (χ1n) is 6.74. The van der Waals surface area contributed by atoms with E-state index >= 15 is 0 Å². The van der Waals surface area contributed by atoms with Crippen LogP contribution >= 0.6 is 0 Å². The lowest BCUT2D eigenvalue weighted by Crippen LogP contribution is -2.38. The molecule has 1 saturated heterocycles. The molecule has 18 heavy (non-hydrogen) atoms. The van der Waals surface area contributed by atoms with E-state index in [1.165, 1.54) is 7.11 Å². The highest BCUT2D eigenvalue weighted by Gasteiger charge is 2.18. The van der Waals surface area contributed by atoms with Crippen molar-refractivity contribution in [3.63, 3.8) is 0 Å². The number of nitrogens with one attached hydrogen (secondary N) is 1. The van der Waals surface area contributed by atoms with Gasteiger partial charge in [-0.3, -0.25) is 4.79 Å². The number of carbonyl (C=O) groups excluding carboxylic acids is 1. The molecule has 1 N–H and O–H groups in total. The maximum Gasteiger partial charge on any atom is 0.322 e. The van der Waals surface area contributed by atoms with Crippen LogP contribution in [0.15, 0.2) is 0 Å². The fourth-order valence-electron chi connectivity index (χ4n) is 2.06. The molecule has 1 aliphatic heterocycles. The Morgan fingerprint density at radius 2 is 2.17 bits per heavy atom. The zero-order valence-corrected chi connectivity index (χ0v) is 11.4. The predicted octanol–water partition coefficient (Wildman–Crippen LogP) is 0.971. The number of rotatable bonds is 8. The van der Waals surface area contributed by atoms with Gasteiger partial charge in [-0.15, -0.1) is 0 Å². The lowest BCUT2D eigenvalue weighted by molar-refractivity contribution is -0.143. The van der Waals surface area contributed by atoms with Crippen LogP contribution in [0.2, 0.25) is 0 Å². The zero-order valence-electron chi connectivity index (χ0n) is 11.4. The Kier molecular flexibility index (Phi) is 7.96. The Balaban J connectivity index is 2.11. The summed E-state index contributed by atoms with van der Waals surface area (Å²) in [4.78, 5) is 11.4. The molecule has 1 unspecified atom stereocenters. The molecule has 1 aliphatic rings. The topological polar surface area (TPSA) is 56.8 Å². The summed E-state index contributed by atoms with van der Waals surface area (Å²) in [5, 5.41) is 3.10. The molecule has 5 heteroatoms. The molecule has 106 valence electrons. The van der Waals surface area contributed by atoms with Crippen molar-refractivity contribution in [3.8, 4) is 0 Å². The molecule has 0 aromatic heterocycles. The number of hydrogen-bond acceptors (Lipinski definition) is 5. The average Bonchev–Trinajstić information content (AvgIpc) is 2.42. The van der Waals surface area contributed by atoms with Gasteiger partial charge in [0.1, 0.15) is 6.04 Å². The summed E-state index contributed by atoms with van der Waals surface area (Å²) in [6, 6.07) is -0.255. The van der Waals surface area contributed by atoms with E-state index in [2.05, 4.69) is 5.32 Å². The van der Waals surface area contributed by atoms with Crippen molar-refractivity contribution >= 4 is 5.97 Å². The van der Waals surface area contributed by atoms with E-state index in [4.69, 9.17) is 14.2 Å². The van der Waals surface area contributed by atoms with Crippen molar-refractivity contribution in [2.75, 3.05) is 40.1 Å². The lowest BCUT2D eigenvalue weighted by atomic mass is 10.0. The van der Waals surface area contributed by atoms with Gasteiger partial charge in [0, 0.05) is 26.4 Å². The smallest absolute Gasteiger partial charge is 0.322 e. The molecule has 0 bridgehead atoms. The number of hydrogen-bond donors (Lipinski definition) is 1. The Bertz CT molecular complexity index is 229. The molecular formula is C13H25NO4. The van der Waals surface area contributed by atoms with Crippen LogP contribution in [0, 0.1) is 5.92 Å². The predicted molar refractivity (Wildman–Crippen MR) is 68.5 cm³/mol. The third-order valence-electron chi connectivity index (χ3n) is 3.18. The number of esters is 1. The summed E-state index contributed by atoms with van der Waals surface area (Å²) in [5.74, 6) is 0.390. The second kappa shape index (κ2) is 9.30. The maximum absolute atomic E-state index is 11.4. The van der Waals surface area contributed by atoms with Gasteiger partial charge in [-0.25, -0.2) is 0 Å². The minimum atomic E-state index is -0.255. The Labute approximate surface area is 109 Å². The third kappa shape index (κ3) is 5.80. The second-order valence-electron chi connectivity index (χ2n) is 4.55. The van der Waals surface area contributed by atoms with Crippen LogP contribution in [0.4, 0.5) is 0 Å². The van der Waals surface area contributed by atoms with Gasteiger partial charge in [-0.05, 0) is 31.7 Å². The van der Waals surface area contributed by atoms with Gasteiger partial charge in [0.05, 0.1) is 7.11 Å². The molecule has 0 radical (unpaired) electrons. The van der Waals surface area contributed by atoms with Crippen molar-refractivity contribution in [1.82, 2.24) is 5.32 Å². The van der Waals surface area contributed by atoms with E-state index < -0.39 is 0 Å². The first-order valence-corrected chi connectivity index (χ1v) is 6.74. The lowest BCUT2D eigenvalue weighted by Gasteiger charge is -2.22. The van der Waals surface area contributed by atoms with Gasteiger partial charge < -0.3 is 19.5 Å². The van der Waals surface area contributed by atoms with Crippen molar-refractivity contribution in [2.24, 2.45) is 5.92 Å². The summed E-state index contributed by atoms with van der Waals surface area (Å²) >= 11 is 0. The highest BCUT2D eigenvalue weighted by molar-refractivity contribution is 5.75. The Morgan fingerprint density at radius 3 is 2.78 bits per heavy atom. The molecule has 0 aromatic rings. The van der Waals surface area contributed by atoms with Crippen LogP contribution in [-0.4, -0.2) is 52.1 Å². The SMILES string of the molecule is CCNC(CCOCC1CCOCC1)C(=O)OC. The summed E-state index contributed by atoms with van der Waals surface area (Å²) in [5.41, 5.74) is 0. The summed E-state index contributed by atoms with van der Waals surface area (Å²) < 4.78 is 15.7. The Hall–Kier alpha value is -0.650. The largest absolute Gasteiger partial charge is 0.468 e. The van der Waals surface area contributed by atoms with Crippen LogP contribution < -0.4 is 5.32 Å². The molecule has 0 saturated carbocycles. The first-order chi connectivity index (χ1) is 8.77. The van der Waals surface area contributed by atoms with Crippen LogP contribution in [0.1, 0.15) is 26.2 Å². The highest BCUT2D eigenvalue weighted by Crippen LogP contribution is 2.14. The molecule has 1 atom stereocenters. The molecule has 0 aromatic carbocycles. The standard InChI is InChI=1S/C13H25NO4/c1-3-14-12(13(15)16-2)6-9-18-10-11-4-7-17-8-5-11/h11-12,14H,3-10H2,1-2H3. The van der Waals surface area contributed by atoms with Gasteiger partial charge >= 0.3 is 5.97 Å². The number of likely N-dealkylation sites (N-methyl/N-ethyl adjacent to an activating group) is 1. The average molecular weight is 259 g/mol. The van der Waals surface area contributed by atoms with Crippen molar-refractivity contribution in [2.45, 2.75) is 32.2 Å². The van der Waals surface area contributed by atoms with E-state index in [-0.39, 0.29) is 12.0 Å². The van der Waals surface area contributed by atoms with Crippen molar-refractivity contribution < 1.29 is 19.0 Å². The molecular weight excluding hydrogens is 234 g/mol. The fraction of sp³-hybridized carbons (Fsp3) is 0.923. The van der Waals surface area contributed by atoms with E-state index in [1.54, 1.807) is 0 Å². The molecule has 1 heterocycles. The van der Waals surface area contributed by atoms with Gasteiger partial charge in [0.15, 0.2) is 0 Å². The fourth-order valence-corrected chi connectivity index (χ4v) is 2.06. The number of methoxy groups -OCH3 is 1. The van der Waals surface area contributed by atoms with E-state index in [9.17, 15) is 4.79 Å². The quantitative estimate of drug-likeness (QED) is 0.520. The summed E-state index contributed by atoms with van der Waals surface area (Å²) in [6.45, 7) is 5.76. The normalized spacial score (nSPS) is 18.6. The van der Waals surface area contributed by atoms with E-state index in [1.807, 2.05) is 6.92 Å². The van der Waals surface area contributed by atoms with Crippen LogP contribution in [0.3, 0.4) is 0 Å². The van der Waals surface area contributed by atoms with Crippen LogP contribution in [-0.2, 0) is 19.0 Å². The minimum Gasteiger partial charge on any atom is -0.468 e. The van der Waals surface area contributed by atoms with Gasteiger partial charge in [0.25, 0.3) is 0 Å². The van der Waals surface area contributed by atoms with Crippen LogP contribution in [0.5, 0.6) is 0 Å². The molecule has 1 fully saturated rings. The molecule has 0 amide bonds. The van der Waals surface area contributed by atoms with Crippen molar-refractivity contribution in [1.29, 1.82) is 0 Å². The highest BCUT2D eigenvalue weighted by atomic mass is 16.5. The summed E-state index contributed by atoms with van der Waals surface area (Å²) in [7, 11) is 1.41. The molecule has 0 spiro atoms. The Morgan fingerprint density at radius 1 is 1.44 bits per heavy atom. The van der Waals surface area contributed by atoms with Gasteiger partial charge in [-0.1, -0.05) is 6.92 Å². The second-order valence-corrected chi connectivity index (χ2v) is 4.55.